The third kappa shape index (κ3) is 4.66. The van der Waals surface area contributed by atoms with Crippen molar-refractivity contribution in [3.05, 3.63) is 52.4 Å². The van der Waals surface area contributed by atoms with E-state index in [2.05, 4.69) is 30.8 Å². The third-order valence-corrected chi connectivity index (χ3v) is 6.35. The van der Waals surface area contributed by atoms with Crippen molar-refractivity contribution in [1.82, 2.24) is 25.1 Å². The molecule has 4 heterocycles. The van der Waals surface area contributed by atoms with Crippen molar-refractivity contribution < 1.29 is 9.53 Å². The van der Waals surface area contributed by atoms with Gasteiger partial charge in [0.2, 0.25) is 5.95 Å². The second-order valence-corrected chi connectivity index (χ2v) is 8.66. The number of halogens is 1. The summed E-state index contributed by atoms with van der Waals surface area (Å²) in [5.41, 5.74) is 4.05. The molecule has 3 N–H and O–H groups in total. The van der Waals surface area contributed by atoms with Crippen LogP contribution in [0.5, 0.6) is 0 Å². The van der Waals surface area contributed by atoms with Gasteiger partial charge in [0.1, 0.15) is 11.8 Å². The number of amides is 2. The number of rotatable bonds is 4. The first-order chi connectivity index (χ1) is 16.6. The van der Waals surface area contributed by atoms with Crippen LogP contribution < -0.4 is 10.6 Å². The lowest BCUT2D eigenvalue weighted by Crippen LogP contribution is -2.39. The Morgan fingerprint density at radius 1 is 1.32 bits per heavy atom. The van der Waals surface area contributed by atoms with E-state index in [0.717, 1.165) is 37.3 Å². The monoisotopic (exact) mass is 478 g/mol. The molecule has 5 rings (SSSR count). The minimum Gasteiger partial charge on any atom is -0.381 e. The second kappa shape index (κ2) is 9.67. The lowest BCUT2D eigenvalue weighted by Gasteiger charge is -2.29. The highest BCUT2D eigenvalue weighted by Gasteiger charge is 2.24. The number of anilines is 2. The van der Waals surface area contributed by atoms with Gasteiger partial charge in [-0.15, -0.1) is 0 Å². The molecular formula is C23H23ClN8O2. The van der Waals surface area contributed by atoms with Crippen molar-refractivity contribution in [2.45, 2.75) is 31.8 Å². The summed E-state index contributed by atoms with van der Waals surface area (Å²) in [4.78, 5) is 23.9. The minimum absolute atomic E-state index is 0.245. The number of fused-ring (bicyclic) bond motifs is 1. The number of urea groups is 1. The number of nitrogens with one attached hydrogen (secondary N) is 3. The van der Waals surface area contributed by atoms with E-state index in [0.29, 0.717) is 59.0 Å². The highest BCUT2D eigenvalue weighted by atomic mass is 35.5. The molecule has 1 saturated heterocycles. The third-order valence-electron chi connectivity index (χ3n) is 6.03. The van der Waals surface area contributed by atoms with Crippen LogP contribution in [-0.4, -0.2) is 56.9 Å². The number of carbonyl (C=O) groups is 1. The van der Waals surface area contributed by atoms with E-state index in [1.165, 1.54) is 0 Å². The number of hydrogen-bond donors (Lipinski definition) is 3. The molecule has 174 valence electrons. The van der Waals surface area contributed by atoms with Crippen LogP contribution in [0.4, 0.5) is 16.4 Å². The molecule has 0 bridgehead atoms. The van der Waals surface area contributed by atoms with E-state index in [-0.39, 0.29) is 6.03 Å². The number of aromatic amines is 1. The number of H-pyrrole nitrogens is 1. The summed E-state index contributed by atoms with van der Waals surface area (Å²) in [5, 5.41) is 22.8. The zero-order valence-corrected chi connectivity index (χ0v) is 19.1. The first-order valence-corrected chi connectivity index (χ1v) is 11.5. The quantitative estimate of drug-likeness (QED) is 0.522. The Hall–Kier alpha value is -3.68. The van der Waals surface area contributed by atoms with Gasteiger partial charge in [-0.3, -0.25) is 5.10 Å². The Morgan fingerprint density at radius 3 is 2.97 bits per heavy atom. The predicted molar refractivity (Wildman–Crippen MR) is 126 cm³/mol. The Bertz CT molecular complexity index is 1250. The van der Waals surface area contributed by atoms with Gasteiger partial charge in [0.25, 0.3) is 0 Å². The smallest absolute Gasteiger partial charge is 0.322 e. The van der Waals surface area contributed by atoms with E-state index < -0.39 is 0 Å². The van der Waals surface area contributed by atoms with Gasteiger partial charge >= 0.3 is 6.03 Å². The molecule has 3 aromatic rings. The Kier molecular flexibility index (Phi) is 6.29. The van der Waals surface area contributed by atoms with Gasteiger partial charge < -0.3 is 20.3 Å². The summed E-state index contributed by atoms with van der Waals surface area (Å²) in [6, 6.07) is 7.12. The van der Waals surface area contributed by atoms with E-state index in [9.17, 15) is 4.79 Å². The summed E-state index contributed by atoms with van der Waals surface area (Å²) in [5.74, 6) is 0.586. The maximum absolute atomic E-state index is 13.1. The molecule has 2 aliphatic rings. The predicted octanol–water partition coefficient (Wildman–Crippen LogP) is 3.57. The molecule has 0 spiro atoms. The van der Waals surface area contributed by atoms with Crippen molar-refractivity contribution >= 4 is 29.3 Å². The molecule has 2 aliphatic heterocycles. The topological polar surface area (TPSA) is 132 Å². The first-order valence-electron chi connectivity index (χ1n) is 11.1. The van der Waals surface area contributed by atoms with E-state index in [1.54, 1.807) is 29.3 Å². The van der Waals surface area contributed by atoms with Gasteiger partial charge in [-0.05, 0) is 37.0 Å². The number of aromatic nitrogens is 4. The standard InChI is InChI=1S/C23H23ClN8O2/c24-18-9-14(1-2-15(18)10-25)21-19(12-27-31-21)30-23(33)32-6-3-16-11-26-22(29-20(16)13-32)28-17-4-7-34-8-5-17/h1-2,9,11-12,17H,3-8,13H2,(H,27,31)(H,30,33)(H,26,28,29). The average molecular weight is 479 g/mol. The van der Waals surface area contributed by atoms with Crippen LogP contribution in [0, 0.1) is 11.3 Å². The van der Waals surface area contributed by atoms with Gasteiger partial charge in [-0.2, -0.15) is 10.4 Å². The number of nitriles is 1. The van der Waals surface area contributed by atoms with Gasteiger partial charge in [-0.25, -0.2) is 14.8 Å². The van der Waals surface area contributed by atoms with Crippen LogP contribution in [-0.2, 0) is 17.7 Å². The minimum atomic E-state index is -0.245. The molecule has 0 unspecified atom stereocenters. The zero-order chi connectivity index (χ0) is 23.5. The lowest BCUT2D eigenvalue weighted by atomic mass is 10.1. The van der Waals surface area contributed by atoms with Crippen LogP contribution in [0.2, 0.25) is 5.02 Å². The maximum atomic E-state index is 13.1. The maximum Gasteiger partial charge on any atom is 0.322 e. The van der Waals surface area contributed by atoms with Gasteiger partial charge in [0, 0.05) is 43.8 Å². The summed E-state index contributed by atoms with van der Waals surface area (Å²) >= 11 is 6.17. The summed E-state index contributed by atoms with van der Waals surface area (Å²) in [6.07, 6.45) is 6.00. The van der Waals surface area contributed by atoms with Crippen LogP contribution in [0.1, 0.15) is 29.7 Å². The van der Waals surface area contributed by atoms with Gasteiger partial charge in [0.05, 0.1) is 28.5 Å². The number of hydrogen-bond acceptors (Lipinski definition) is 7. The Labute approximate surface area is 201 Å². The van der Waals surface area contributed by atoms with Crippen LogP contribution in [0.25, 0.3) is 11.3 Å². The summed E-state index contributed by atoms with van der Waals surface area (Å²) in [6.45, 7) is 2.43. The molecule has 0 atom stereocenters. The van der Waals surface area contributed by atoms with Crippen LogP contribution >= 0.6 is 11.6 Å². The average Bonchev–Trinajstić information content (AvgIpc) is 3.32. The van der Waals surface area contributed by atoms with E-state index in [1.807, 2.05) is 12.3 Å². The van der Waals surface area contributed by atoms with Crippen molar-refractivity contribution in [1.29, 1.82) is 5.26 Å². The number of ether oxygens (including phenoxy) is 1. The fraction of sp³-hybridized carbons (Fsp3) is 0.348. The van der Waals surface area contributed by atoms with Gasteiger partial charge in [0.15, 0.2) is 0 Å². The lowest BCUT2D eigenvalue weighted by molar-refractivity contribution is 0.0903. The Balaban J connectivity index is 1.28. The molecule has 0 radical (unpaired) electrons. The van der Waals surface area contributed by atoms with Gasteiger partial charge in [-0.1, -0.05) is 17.7 Å². The number of carbonyl (C=O) groups excluding carboxylic acids is 1. The van der Waals surface area contributed by atoms with Crippen molar-refractivity contribution in [3.8, 4) is 17.3 Å². The van der Waals surface area contributed by atoms with Crippen LogP contribution in [0.3, 0.4) is 0 Å². The molecular weight excluding hydrogens is 456 g/mol. The molecule has 0 saturated carbocycles. The normalized spacial score (nSPS) is 15.9. The first kappa shape index (κ1) is 22.1. The number of benzene rings is 1. The fourth-order valence-electron chi connectivity index (χ4n) is 4.12. The van der Waals surface area contributed by atoms with E-state index in [4.69, 9.17) is 21.6 Å². The van der Waals surface area contributed by atoms with Crippen molar-refractivity contribution in [2.24, 2.45) is 0 Å². The largest absolute Gasteiger partial charge is 0.381 e. The second-order valence-electron chi connectivity index (χ2n) is 8.25. The van der Waals surface area contributed by atoms with Crippen molar-refractivity contribution in [2.75, 3.05) is 30.4 Å². The summed E-state index contributed by atoms with van der Waals surface area (Å²) < 4.78 is 5.41. The molecule has 2 aromatic heterocycles. The molecule has 10 nitrogen and oxygen atoms in total. The van der Waals surface area contributed by atoms with Crippen molar-refractivity contribution in [3.63, 3.8) is 0 Å². The molecule has 2 amide bonds. The van der Waals surface area contributed by atoms with Crippen LogP contribution in [0.15, 0.2) is 30.6 Å². The SMILES string of the molecule is N#Cc1ccc(-c2n[nH]cc2NC(=O)N2CCc3cnc(NC4CCOCC4)nc3C2)cc1Cl. The highest BCUT2D eigenvalue weighted by molar-refractivity contribution is 6.32. The Morgan fingerprint density at radius 2 is 2.18 bits per heavy atom. The summed E-state index contributed by atoms with van der Waals surface area (Å²) in [7, 11) is 0. The zero-order valence-electron chi connectivity index (χ0n) is 18.3. The molecule has 1 aromatic carbocycles. The number of nitrogens with zero attached hydrogens (tertiary/aromatic N) is 5. The molecule has 1 fully saturated rings. The van der Waals surface area contributed by atoms with E-state index >= 15 is 0 Å². The fourth-order valence-corrected chi connectivity index (χ4v) is 4.35. The molecule has 0 aliphatic carbocycles. The molecule has 34 heavy (non-hydrogen) atoms. The highest BCUT2D eigenvalue weighted by Crippen LogP contribution is 2.29. The molecule has 11 heteroatoms.